The van der Waals surface area contributed by atoms with Gasteiger partial charge in [0.2, 0.25) is 5.91 Å². The number of benzene rings is 1. The average Bonchev–Trinajstić information content (AvgIpc) is 3.23. The first-order chi connectivity index (χ1) is 11.2. The van der Waals surface area contributed by atoms with Crippen molar-refractivity contribution in [2.45, 2.75) is 37.9 Å². The molecular formula is C18H22N4O. The lowest BCUT2D eigenvalue weighted by molar-refractivity contribution is -0.129. The molecule has 0 saturated carbocycles. The molecule has 2 aromatic rings. The van der Waals surface area contributed by atoms with Crippen molar-refractivity contribution >= 4 is 5.91 Å². The number of nitrogens with one attached hydrogen (secondary N) is 1. The monoisotopic (exact) mass is 310 g/mol. The van der Waals surface area contributed by atoms with E-state index in [9.17, 15) is 4.79 Å². The predicted molar refractivity (Wildman–Crippen MR) is 87.8 cm³/mol. The number of aromatic nitrogens is 2. The first kappa shape index (κ1) is 14.5. The first-order valence-electron chi connectivity index (χ1n) is 8.26. The van der Waals surface area contributed by atoms with Crippen LogP contribution in [0.4, 0.5) is 0 Å². The Morgan fingerprint density at radius 3 is 2.61 bits per heavy atom. The van der Waals surface area contributed by atoms with E-state index < -0.39 is 0 Å². The van der Waals surface area contributed by atoms with Crippen LogP contribution in [0.25, 0.3) is 0 Å². The molecular weight excluding hydrogens is 288 g/mol. The van der Waals surface area contributed by atoms with Crippen molar-refractivity contribution in [3.63, 3.8) is 0 Å². The van der Waals surface area contributed by atoms with E-state index in [4.69, 9.17) is 0 Å². The number of rotatable bonds is 4. The van der Waals surface area contributed by atoms with Gasteiger partial charge < -0.3 is 10.2 Å². The molecule has 1 N–H and O–H groups in total. The highest BCUT2D eigenvalue weighted by Crippen LogP contribution is 2.28. The van der Waals surface area contributed by atoms with E-state index in [1.165, 1.54) is 11.1 Å². The number of aryl methyl sites for hydroxylation is 1. The topological polar surface area (TPSA) is 50.2 Å². The largest absolute Gasteiger partial charge is 0.337 e. The predicted octanol–water partition coefficient (Wildman–Crippen LogP) is 1.28. The third-order valence-electron chi connectivity index (χ3n) is 4.98. The minimum absolute atomic E-state index is 0.242. The molecule has 1 saturated heterocycles. The van der Waals surface area contributed by atoms with E-state index in [0.717, 1.165) is 31.5 Å². The minimum Gasteiger partial charge on any atom is -0.337 e. The summed E-state index contributed by atoms with van der Waals surface area (Å²) in [6, 6.07) is 9.13. The standard InChI is InChI=1S/C18H22N4O/c1-21-11-13(10-20-21)9-19-16-8-18(23)22(12-16)17-6-14-4-2-3-5-15(14)7-17/h2-5,10-11,16-17,19H,6-9,12H2,1H3. The molecule has 4 rings (SSSR count). The van der Waals surface area contributed by atoms with Gasteiger partial charge >= 0.3 is 0 Å². The zero-order valence-electron chi connectivity index (χ0n) is 13.4. The van der Waals surface area contributed by atoms with Crippen molar-refractivity contribution in [3.8, 4) is 0 Å². The number of carbonyl (C=O) groups is 1. The fourth-order valence-corrected chi connectivity index (χ4v) is 3.80. The fourth-order valence-electron chi connectivity index (χ4n) is 3.80. The van der Waals surface area contributed by atoms with Crippen molar-refractivity contribution < 1.29 is 4.79 Å². The molecule has 120 valence electrons. The third-order valence-corrected chi connectivity index (χ3v) is 4.98. The molecule has 5 heteroatoms. The van der Waals surface area contributed by atoms with Crippen molar-refractivity contribution in [2.24, 2.45) is 7.05 Å². The molecule has 1 unspecified atom stereocenters. The minimum atomic E-state index is 0.242. The summed E-state index contributed by atoms with van der Waals surface area (Å²) < 4.78 is 1.80. The molecule has 5 nitrogen and oxygen atoms in total. The average molecular weight is 310 g/mol. The van der Waals surface area contributed by atoms with Gasteiger partial charge in [0, 0.05) is 50.4 Å². The van der Waals surface area contributed by atoms with E-state index in [0.29, 0.717) is 12.5 Å². The van der Waals surface area contributed by atoms with E-state index >= 15 is 0 Å². The van der Waals surface area contributed by atoms with Gasteiger partial charge in [0.15, 0.2) is 0 Å². The van der Waals surface area contributed by atoms with Crippen molar-refractivity contribution in [1.82, 2.24) is 20.0 Å². The molecule has 1 aliphatic carbocycles. The van der Waals surface area contributed by atoms with Crippen LogP contribution in [-0.2, 0) is 31.2 Å². The van der Waals surface area contributed by atoms with Crippen LogP contribution in [-0.4, -0.2) is 39.2 Å². The summed E-state index contributed by atoms with van der Waals surface area (Å²) in [7, 11) is 1.92. The maximum atomic E-state index is 12.4. The Balaban J connectivity index is 1.36. The number of fused-ring (bicyclic) bond motifs is 1. The SMILES string of the molecule is Cn1cc(CNC2CC(=O)N(C3Cc4ccccc4C3)C2)cn1. The van der Waals surface area contributed by atoms with Gasteiger partial charge in [0.25, 0.3) is 0 Å². The Bertz CT molecular complexity index is 698. The maximum absolute atomic E-state index is 12.4. The highest BCUT2D eigenvalue weighted by Gasteiger charge is 2.36. The normalized spacial score (nSPS) is 21.2. The van der Waals surface area contributed by atoms with Gasteiger partial charge in [-0.2, -0.15) is 5.10 Å². The summed E-state index contributed by atoms with van der Waals surface area (Å²) in [6.07, 6.45) is 6.48. The molecule has 0 bridgehead atoms. The maximum Gasteiger partial charge on any atom is 0.224 e. The summed E-state index contributed by atoms with van der Waals surface area (Å²) in [6.45, 7) is 1.59. The Morgan fingerprint density at radius 2 is 1.96 bits per heavy atom. The Morgan fingerprint density at radius 1 is 1.22 bits per heavy atom. The van der Waals surface area contributed by atoms with E-state index in [-0.39, 0.29) is 11.9 Å². The number of amides is 1. The summed E-state index contributed by atoms with van der Waals surface area (Å²) in [5, 5.41) is 7.68. The summed E-state index contributed by atoms with van der Waals surface area (Å²) >= 11 is 0. The van der Waals surface area contributed by atoms with Crippen LogP contribution in [0.1, 0.15) is 23.1 Å². The number of hydrogen-bond acceptors (Lipinski definition) is 3. The molecule has 1 atom stereocenters. The van der Waals surface area contributed by atoms with Crippen LogP contribution in [0.15, 0.2) is 36.7 Å². The summed E-state index contributed by atoms with van der Waals surface area (Å²) in [5.41, 5.74) is 3.96. The Labute approximate surface area is 136 Å². The molecule has 0 radical (unpaired) electrons. The first-order valence-corrected chi connectivity index (χ1v) is 8.26. The second-order valence-corrected chi connectivity index (χ2v) is 6.68. The smallest absolute Gasteiger partial charge is 0.224 e. The number of hydrogen-bond donors (Lipinski definition) is 1. The lowest BCUT2D eigenvalue weighted by Crippen LogP contribution is -2.39. The lowest BCUT2D eigenvalue weighted by atomic mass is 10.1. The van der Waals surface area contributed by atoms with E-state index in [1.807, 2.05) is 19.4 Å². The molecule has 1 aromatic heterocycles. The summed E-state index contributed by atoms with van der Waals surface area (Å²) in [4.78, 5) is 14.5. The van der Waals surface area contributed by atoms with Crippen LogP contribution < -0.4 is 5.32 Å². The van der Waals surface area contributed by atoms with Gasteiger partial charge in [-0.25, -0.2) is 0 Å². The van der Waals surface area contributed by atoms with Crippen molar-refractivity contribution in [1.29, 1.82) is 0 Å². The van der Waals surface area contributed by atoms with E-state index in [1.54, 1.807) is 4.68 Å². The molecule has 1 aromatic carbocycles. The highest BCUT2D eigenvalue weighted by molar-refractivity contribution is 5.79. The Kier molecular flexibility index (Phi) is 3.65. The van der Waals surface area contributed by atoms with Crippen LogP contribution in [0.2, 0.25) is 0 Å². The van der Waals surface area contributed by atoms with Crippen molar-refractivity contribution in [3.05, 3.63) is 53.3 Å². The van der Waals surface area contributed by atoms with Crippen molar-refractivity contribution in [2.75, 3.05) is 6.54 Å². The zero-order valence-corrected chi connectivity index (χ0v) is 13.4. The third kappa shape index (κ3) is 2.88. The van der Waals surface area contributed by atoms with Crippen LogP contribution in [0.5, 0.6) is 0 Å². The van der Waals surface area contributed by atoms with Gasteiger partial charge in [-0.05, 0) is 24.0 Å². The Hall–Kier alpha value is -2.14. The zero-order chi connectivity index (χ0) is 15.8. The highest BCUT2D eigenvalue weighted by atomic mass is 16.2. The second kappa shape index (κ2) is 5.81. The molecule has 1 amide bonds. The molecule has 2 heterocycles. The molecule has 23 heavy (non-hydrogen) atoms. The quantitative estimate of drug-likeness (QED) is 0.925. The van der Waals surface area contributed by atoms with Gasteiger partial charge in [0.05, 0.1) is 6.20 Å². The molecule has 1 aliphatic heterocycles. The fraction of sp³-hybridized carbons (Fsp3) is 0.444. The molecule has 0 spiro atoms. The second-order valence-electron chi connectivity index (χ2n) is 6.68. The van der Waals surface area contributed by atoms with E-state index in [2.05, 4.69) is 39.6 Å². The summed E-state index contributed by atoms with van der Waals surface area (Å²) in [5.74, 6) is 0.284. The van der Waals surface area contributed by atoms with Crippen LogP contribution in [0.3, 0.4) is 0 Å². The van der Waals surface area contributed by atoms with Gasteiger partial charge in [0.1, 0.15) is 0 Å². The molecule has 2 aliphatic rings. The number of carbonyl (C=O) groups excluding carboxylic acids is 1. The van der Waals surface area contributed by atoms with Gasteiger partial charge in [-0.3, -0.25) is 9.48 Å². The number of nitrogens with zero attached hydrogens (tertiary/aromatic N) is 3. The van der Waals surface area contributed by atoms with Crippen LogP contribution >= 0.6 is 0 Å². The van der Waals surface area contributed by atoms with Gasteiger partial charge in [-0.1, -0.05) is 24.3 Å². The molecule has 1 fully saturated rings. The number of likely N-dealkylation sites (tertiary alicyclic amines) is 1. The van der Waals surface area contributed by atoms with Gasteiger partial charge in [-0.15, -0.1) is 0 Å². The lowest BCUT2D eigenvalue weighted by Gasteiger charge is -2.24. The van der Waals surface area contributed by atoms with Crippen LogP contribution in [0, 0.1) is 0 Å².